The number of carbonyl (C=O) groups excluding carboxylic acids is 1. The maximum Gasteiger partial charge on any atom is 0.270 e. The lowest BCUT2D eigenvalue weighted by Crippen LogP contribution is -2.38. The lowest BCUT2D eigenvalue weighted by atomic mass is 10.1. The van der Waals surface area contributed by atoms with E-state index in [1.54, 1.807) is 48.2 Å². The third-order valence-electron chi connectivity index (χ3n) is 6.25. The van der Waals surface area contributed by atoms with E-state index in [1.807, 2.05) is 26.0 Å². The zero-order valence-electron chi connectivity index (χ0n) is 21.2. The van der Waals surface area contributed by atoms with Gasteiger partial charge in [0, 0.05) is 24.2 Å². The van der Waals surface area contributed by atoms with Crippen LogP contribution in [-0.4, -0.2) is 38.9 Å². The van der Waals surface area contributed by atoms with E-state index < -0.39 is 11.0 Å². The van der Waals surface area contributed by atoms with Crippen molar-refractivity contribution in [3.63, 3.8) is 0 Å². The molecule has 0 aliphatic heterocycles. The smallest absolute Gasteiger partial charge is 0.270 e. The standard InChI is InChI=1S/C28H28N4O5/c1-5-15-30(27(33)20-9-8-10-21(17-20)32(35)36)19(3)26-29-23-12-7-6-11-22(23)28(34)31(26)24-16-18(2)13-14-25(24)37-4/h6-14,16-17,19H,5,15H2,1-4H3. The van der Waals surface area contributed by atoms with E-state index >= 15 is 0 Å². The Kier molecular flexibility index (Phi) is 7.33. The fourth-order valence-corrected chi connectivity index (χ4v) is 4.41. The van der Waals surface area contributed by atoms with Crippen LogP contribution in [0.5, 0.6) is 5.75 Å². The Labute approximate surface area is 214 Å². The first-order valence-electron chi connectivity index (χ1n) is 12.0. The maximum atomic E-state index is 13.9. The first kappa shape index (κ1) is 25.6. The highest BCUT2D eigenvalue weighted by molar-refractivity contribution is 5.95. The van der Waals surface area contributed by atoms with Gasteiger partial charge < -0.3 is 9.64 Å². The summed E-state index contributed by atoms with van der Waals surface area (Å²) < 4.78 is 7.09. The van der Waals surface area contributed by atoms with E-state index in [-0.39, 0.29) is 22.7 Å². The molecule has 0 aliphatic rings. The molecule has 0 spiro atoms. The van der Waals surface area contributed by atoms with Gasteiger partial charge in [-0.1, -0.05) is 31.2 Å². The minimum Gasteiger partial charge on any atom is -0.495 e. The van der Waals surface area contributed by atoms with Crippen molar-refractivity contribution in [2.75, 3.05) is 13.7 Å². The quantitative estimate of drug-likeness (QED) is 0.242. The first-order chi connectivity index (χ1) is 17.8. The van der Waals surface area contributed by atoms with Gasteiger partial charge in [0.2, 0.25) is 0 Å². The van der Waals surface area contributed by atoms with Gasteiger partial charge in [0.25, 0.3) is 17.2 Å². The monoisotopic (exact) mass is 500 g/mol. The summed E-state index contributed by atoms with van der Waals surface area (Å²) in [4.78, 5) is 44.7. The second-order valence-electron chi connectivity index (χ2n) is 8.78. The highest BCUT2D eigenvalue weighted by Crippen LogP contribution is 2.29. The van der Waals surface area contributed by atoms with Crippen molar-refractivity contribution in [1.29, 1.82) is 0 Å². The molecule has 0 saturated carbocycles. The molecule has 1 atom stereocenters. The molecular formula is C28H28N4O5. The number of rotatable bonds is 8. The Morgan fingerprint density at radius 3 is 2.59 bits per heavy atom. The number of aromatic nitrogens is 2. The largest absolute Gasteiger partial charge is 0.495 e. The van der Waals surface area contributed by atoms with Crippen LogP contribution in [0.1, 0.15) is 48.1 Å². The van der Waals surface area contributed by atoms with E-state index in [4.69, 9.17) is 9.72 Å². The molecule has 0 N–H and O–H groups in total. The van der Waals surface area contributed by atoms with Crippen LogP contribution in [0.15, 0.2) is 71.5 Å². The van der Waals surface area contributed by atoms with Gasteiger partial charge in [-0.2, -0.15) is 0 Å². The average molecular weight is 501 g/mol. The maximum absolute atomic E-state index is 13.9. The van der Waals surface area contributed by atoms with Crippen molar-refractivity contribution in [2.24, 2.45) is 0 Å². The number of nitro benzene ring substituents is 1. The molecule has 4 aromatic rings. The normalized spacial score (nSPS) is 11.8. The predicted octanol–water partition coefficient (Wildman–Crippen LogP) is 5.22. The lowest BCUT2D eigenvalue weighted by molar-refractivity contribution is -0.384. The van der Waals surface area contributed by atoms with Crippen LogP contribution in [-0.2, 0) is 0 Å². The summed E-state index contributed by atoms with van der Waals surface area (Å²) in [6, 6.07) is 17.6. The van der Waals surface area contributed by atoms with Crippen molar-refractivity contribution in [1.82, 2.24) is 14.5 Å². The van der Waals surface area contributed by atoms with Gasteiger partial charge in [-0.25, -0.2) is 4.98 Å². The van der Waals surface area contributed by atoms with E-state index in [0.29, 0.717) is 41.1 Å². The summed E-state index contributed by atoms with van der Waals surface area (Å²) in [6.45, 7) is 6.02. The fourth-order valence-electron chi connectivity index (χ4n) is 4.41. The number of non-ortho nitro benzene ring substituents is 1. The van der Waals surface area contributed by atoms with Crippen molar-refractivity contribution in [3.05, 3.63) is 104 Å². The number of hydrogen-bond acceptors (Lipinski definition) is 6. The van der Waals surface area contributed by atoms with Crippen LogP contribution in [0.25, 0.3) is 16.6 Å². The van der Waals surface area contributed by atoms with E-state index in [2.05, 4.69) is 0 Å². The van der Waals surface area contributed by atoms with Crippen molar-refractivity contribution < 1.29 is 14.5 Å². The summed E-state index contributed by atoms with van der Waals surface area (Å²) in [5.74, 6) is 0.466. The van der Waals surface area contributed by atoms with Crippen LogP contribution in [0.4, 0.5) is 5.69 Å². The fraction of sp³-hybridized carbons (Fsp3) is 0.250. The number of benzene rings is 3. The van der Waals surface area contributed by atoms with E-state index in [0.717, 1.165) is 5.56 Å². The van der Waals surface area contributed by atoms with Crippen LogP contribution < -0.4 is 10.3 Å². The third kappa shape index (κ3) is 4.93. The molecule has 37 heavy (non-hydrogen) atoms. The second kappa shape index (κ2) is 10.6. The minimum absolute atomic E-state index is 0.166. The summed E-state index contributed by atoms with van der Waals surface area (Å²) in [6.07, 6.45) is 0.636. The molecular weight excluding hydrogens is 472 g/mol. The third-order valence-corrected chi connectivity index (χ3v) is 6.25. The Bertz CT molecular complexity index is 1550. The molecule has 9 nitrogen and oxygen atoms in total. The van der Waals surface area contributed by atoms with Gasteiger partial charge in [0.05, 0.1) is 34.7 Å². The summed E-state index contributed by atoms with van der Waals surface area (Å²) >= 11 is 0. The van der Waals surface area contributed by atoms with Crippen LogP contribution in [0.2, 0.25) is 0 Å². The molecule has 0 bridgehead atoms. The van der Waals surface area contributed by atoms with Crippen molar-refractivity contribution in [2.45, 2.75) is 33.2 Å². The summed E-state index contributed by atoms with van der Waals surface area (Å²) in [5, 5.41) is 11.7. The highest BCUT2D eigenvalue weighted by Gasteiger charge is 2.28. The van der Waals surface area contributed by atoms with E-state index in [1.165, 1.54) is 29.9 Å². The molecule has 1 heterocycles. The van der Waals surface area contributed by atoms with Crippen molar-refractivity contribution >= 4 is 22.5 Å². The Morgan fingerprint density at radius 2 is 1.89 bits per heavy atom. The molecule has 0 fully saturated rings. The van der Waals surface area contributed by atoms with E-state index in [9.17, 15) is 19.7 Å². The minimum atomic E-state index is -0.644. The molecule has 0 radical (unpaired) electrons. The number of ether oxygens (including phenoxy) is 1. The number of carbonyl (C=O) groups is 1. The summed E-state index contributed by atoms with van der Waals surface area (Å²) in [5.41, 5.74) is 1.70. The molecule has 0 aliphatic carbocycles. The Balaban J connectivity index is 1.94. The molecule has 1 unspecified atom stereocenters. The number of aryl methyl sites for hydroxylation is 1. The molecule has 9 heteroatoms. The summed E-state index contributed by atoms with van der Waals surface area (Å²) in [7, 11) is 1.53. The van der Waals surface area contributed by atoms with Gasteiger partial charge in [0.15, 0.2) is 0 Å². The highest BCUT2D eigenvalue weighted by atomic mass is 16.6. The van der Waals surface area contributed by atoms with Gasteiger partial charge in [0.1, 0.15) is 11.6 Å². The SMILES string of the molecule is CCCN(C(=O)c1cccc([N+](=O)[O-])c1)C(C)c1nc2ccccc2c(=O)n1-c1cc(C)ccc1OC. The average Bonchev–Trinajstić information content (AvgIpc) is 2.91. The van der Waals surface area contributed by atoms with Crippen LogP contribution >= 0.6 is 0 Å². The number of nitrogens with zero attached hydrogens (tertiary/aromatic N) is 4. The number of fused-ring (bicyclic) bond motifs is 1. The number of methoxy groups -OCH3 is 1. The Hall–Kier alpha value is -4.53. The van der Waals surface area contributed by atoms with Crippen LogP contribution in [0, 0.1) is 17.0 Å². The second-order valence-corrected chi connectivity index (χ2v) is 8.78. The molecule has 0 saturated heterocycles. The molecule has 1 aromatic heterocycles. The number of hydrogen-bond donors (Lipinski definition) is 0. The predicted molar refractivity (Wildman–Crippen MR) is 141 cm³/mol. The van der Waals surface area contributed by atoms with Gasteiger partial charge in [-0.15, -0.1) is 0 Å². The zero-order chi connectivity index (χ0) is 26.7. The van der Waals surface area contributed by atoms with Gasteiger partial charge in [-0.3, -0.25) is 24.3 Å². The van der Waals surface area contributed by atoms with Gasteiger partial charge in [-0.05, 0) is 56.2 Å². The van der Waals surface area contributed by atoms with Crippen molar-refractivity contribution in [3.8, 4) is 11.4 Å². The molecule has 4 rings (SSSR count). The van der Waals surface area contributed by atoms with Crippen LogP contribution in [0.3, 0.4) is 0 Å². The topological polar surface area (TPSA) is 108 Å². The van der Waals surface area contributed by atoms with Gasteiger partial charge >= 0.3 is 0 Å². The number of nitro groups is 1. The number of para-hydroxylation sites is 1. The lowest BCUT2D eigenvalue weighted by Gasteiger charge is -2.30. The Morgan fingerprint density at radius 1 is 1.14 bits per heavy atom. The first-order valence-corrected chi connectivity index (χ1v) is 12.0. The molecule has 1 amide bonds. The number of amides is 1. The molecule has 3 aromatic carbocycles. The zero-order valence-corrected chi connectivity index (χ0v) is 21.2. The molecule has 190 valence electrons.